The second-order valence-electron chi connectivity index (χ2n) is 9.04. The van der Waals surface area contributed by atoms with Gasteiger partial charge in [-0.1, -0.05) is 11.6 Å². The zero-order chi connectivity index (χ0) is 23.2. The van der Waals surface area contributed by atoms with Crippen LogP contribution in [0.15, 0.2) is 55.0 Å². The summed E-state index contributed by atoms with van der Waals surface area (Å²) in [6, 6.07) is 10.6. The fourth-order valence-corrected chi connectivity index (χ4v) is 5.16. The lowest BCUT2D eigenvalue weighted by Gasteiger charge is -2.38. The molecule has 0 aliphatic carbocycles. The Labute approximate surface area is 196 Å². The van der Waals surface area contributed by atoms with Gasteiger partial charge in [-0.05, 0) is 50.5 Å². The highest BCUT2D eigenvalue weighted by molar-refractivity contribution is 5.98. The second kappa shape index (κ2) is 8.16. The lowest BCUT2D eigenvalue weighted by atomic mass is 9.98. The number of aromatic nitrogens is 5. The van der Waals surface area contributed by atoms with E-state index in [4.69, 9.17) is 0 Å². The first-order valence-electron chi connectivity index (χ1n) is 11.5. The van der Waals surface area contributed by atoms with E-state index in [9.17, 15) is 9.18 Å². The van der Waals surface area contributed by atoms with E-state index in [2.05, 4.69) is 25.1 Å². The first kappa shape index (κ1) is 20.7. The SMILES string of the molecule is Cc1ccc(-n2nccn2)c(C(=O)N2CC[C@@H]3CC[C@H]2CN3c2ncc3ccc(F)cc3n2)c1. The molecule has 34 heavy (non-hydrogen) atoms. The van der Waals surface area contributed by atoms with Crippen LogP contribution in [0.2, 0.25) is 0 Å². The van der Waals surface area contributed by atoms with E-state index in [-0.39, 0.29) is 23.8 Å². The van der Waals surface area contributed by atoms with Crippen LogP contribution in [0.5, 0.6) is 0 Å². The highest BCUT2D eigenvalue weighted by atomic mass is 19.1. The normalized spacial score (nSPS) is 20.1. The summed E-state index contributed by atoms with van der Waals surface area (Å²) < 4.78 is 13.8. The number of carbonyl (C=O) groups is 1. The standard InChI is InChI=1S/C25H24FN7O/c1-16-2-7-23(33-28-9-10-29-33)21(12-16)24(34)31-11-8-19-5-6-20(31)15-32(19)25-27-14-17-3-4-18(26)13-22(17)30-25/h2-4,7,9-10,12-14,19-20H,5-6,8,11,15H2,1H3/t19-,20-/m0/s1. The Morgan fingerprint density at radius 3 is 2.71 bits per heavy atom. The maximum atomic E-state index is 13.8. The minimum atomic E-state index is -0.313. The highest BCUT2D eigenvalue weighted by Gasteiger charge is 2.39. The van der Waals surface area contributed by atoms with Crippen LogP contribution in [0.25, 0.3) is 16.6 Å². The third-order valence-corrected chi connectivity index (χ3v) is 6.89. The van der Waals surface area contributed by atoms with Crippen LogP contribution < -0.4 is 4.90 Å². The van der Waals surface area contributed by atoms with Gasteiger partial charge in [-0.15, -0.1) is 0 Å². The van der Waals surface area contributed by atoms with Crippen molar-refractivity contribution in [1.29, 1.82) is 0 Å². The van der Waals surface area contributed by atoms with Crippen molar-refractivity contribution in [3.63, 3.8) is 0 Å². The van der Waals surface area contributed by atoms with Gasteiger partial charge in [-0.25, -0.2) is 14.4 Å². The number of carbonyl (C=O) groups excluding carboxylic acids is 1. The summed E-state index contributed by atoms with van der Waals surface area (Å²) in [6.07, 6.45) is 7.67. The molecule has 2 bridgehead atoms. The van der Waals surface area contributed by atoms with Gasteiger partial charge in [0.15, 0.2) is 0 Å². The van der Waals surface area contributed by atoms with Crippen LogP contribution >= 0.6 is 0 Å². The van der Waals surface area contributed by atoms with Gasteiger partial charge in [0.1, 0.15) is 5.82 Å². The van der Waals surface area contributed by atoms with Crippen molar-refractivity contribution in [1.82, 2.24) is 29.9 Å². The van der Waals surface area contributed by atoms with E-state index < -0.39 is 0 Å². The second-order valence-corrected chi connectivity index (χ2v) is 9.04. The number of nitrogens with zero attached hydrogens (tertiary/aromatic N) is 7. The Morgan fingerprint density at radius 1 is 1.03 bits per heavy atom. The van der Waals surface area contributed by atoms with Crippen LogP contribution in [0.1, 0.15) is 35.2 Å². The molecule has 3 aliphatic heterocycles. The number of hydrogen-bond acceptors (Lipinski definition) is 6. The first-order chi connectivity index (χ1) is 16.6. The first-order valence-corrected chi connectivity index (χ1v) is 11.5. The summed E-state index contributed by atoms with van der Waals surface area (Å²) in [5.74, 6) is 0.274. The predicted molar refractivity (Wildman–Crippen MR) is 125 cm³/mol. The summed E-state index contributed by atoms with van der Waals surface area (Å²) in [7, 11) is 0. The smallest absolute Gasteiger partial charge is 0.256 e. The molecule has 5 heterocycles. The lowest BCUT2D eigenvalue weighted by molar-refractivity contribution is 0.0692. The van der Waals surface area contributed by atoms with Gasteiger partial charge in [0, 0.05) is 42.8 Å². The molecule has 172 valence electrons. The molecule has 3 fully saturated rings. The summed E-state index contributed by atoms with van der Waals surface area (Å²) in [5.41, 5.74) is 2.88. The van der Waals surface area contributed by atoms with Gasteiger partial charge in [0.2, 0.25) is 5.95 Å². The maximum Gasteiger partial charge on any atom is 0.256 e. The van der Waals surface area contributed by atoms with E-state index in [0.29, 0.717) is 35.8 Å². The minimum Gasteiger partial charge on any atom is -0.336 e. The van der Waals surface area contributed by atoms with E-state index in [1.165, 1.54) is 16.9 Å². The molecule has 2 atom stereocenters. The van der Waals surface area contributed by atoms with Crippen LogP contribution in [-0.2, 0) is 0 Å². The topological polar surface area (TPSA) is 80.0 Å². The molecule has 0 saturated carbocycles. The van der Waals surface area contributed by atoms with Crippen molar-refractivity contribution < 1.29 is 9.18 Å². The van der Waals surface area contributed by atoms with Gasteiger partial charge in [-0.2, -0.15) is 15.0 Å². The van der Waals surface area contributed by atoms with Crippen molar-refractivity contribution in [2.75, 3.05) is 18.0 Å². The molecule has 0 unspecified atom stereocenters. The molecule has 9 heteroatoms. The summed E-state index contributed by atoms with van der Waals surface area (Å²) in [4.78, 5) is 28.7. The molecule has 3 saturated heterocycles. The molecule has 0 spiro atoms. The summed E-state index contributed by atoms with van der Waals surface area (Å²) >= 11 is 0. The quantitative estimate of drug-likeness (QED) is 0.468. The highest BCUT2D eigenvalue weighted by Crippen LogP contribution is 2.33. The van der Waals surface area contributed by atoms with Crippen molar-refractivity contribution in [2.45, 2.75) is 38.3 Å². The molecule has 0 radical (unpaired) electrons. The molecule has 8 nitrogen and oxygen atoms in total. The predicted octanol–water partition coefficient (Wildman–Crippen LogP) is 3.54. The number of hydrogen-bond donors (Lipinski definition) is 0. The van der Waals surface area contributed by atoms with Gasteiger partial charge in [0.25, 0.3) is 5.91 Å². The zero-order valence-electron chi connectivity index (χ0n) is 18.8. The number of fused-ring (bicyclic) bond motifs is 5. The Morgan fingerprint density at radius 2 is 1.85 bits per heavy atom. The molecular weight excluding hydrogens is 433 g/mol. The fourth-order valence-electron chi connectivity index (χ4n) is 5.16. The van der Waals surface area contributed by atoms with E-state index >= 15 is 0 Å². The molecule has 2 aromatic heterocycles. The number of benzene rings is 2. The molecule has 4 aromatic rings. The number of piperidine rings is 1. The maximum absolute atomic E-state index is 13.8. The van der Waals surface area contributed by atoms with Crippen LogP contribution in [0.4, 0.5) is 10.3 Å². The number of halogens is 1. The lowest BCUT2D eigenvalue weighted by Crippen LogP contribution is -2.49. The fraction of sp³-hybridized carbons (Fsp3) is 0.320. The number of anilines is 1. The van der Waals surface area contributed by atoms with Crippen molar-refractivity contribution in [2.24, 2.45) is 0 Å². The molecule has 7 rings (SSSR count). The number of amides is 1. The van der Waals surface area contributed by atoms with Crippen molar-refractivity contribution >= 4 is 22.8 Å². The Kier molecular flexibility index (Phi) is 4.97. The Balaban J connectivity index is 1.32. The van der Waals surface area contributed by atoms with Gasteiger partial charge in [0.05, 0.1) is 29.2 Å². The van der Waals surface area contributed by atoms with Crippen LogP contribution in [0, 0.1) is 12.7 Å². The molecule has 1 amide bonds. The molecule has 3 aliphatic rings. The average Bonchev–Trinajstić information content (AvgIpc) is 3.23. The van der Waals surface area contributed by atoms with Gasteiger partial charge >= 0.3 is 0 Å². The van der Waals surface area contributed by atoms with E-state index in [0.717, 1.165) is 30.2 Å². The van der Waals surface area contributed by atoms with E-state index in [1.54, 1.807) is 24.7 Å². The van der Waals surface area contributed by atoms with Crippen molar-refractivity contribution in [3.05, 3.63) is 71.9 Å². The zero-order valence-corrected chi connectivity index (χ0v) is 18.8. The van der Waals surface area contributed by atoms with E-state index in [1.807, 2.05) is 30.0 Å². The Hall–Kier alpha value is -3.88. The monoisotopic (exact) mass is 457 g/mol. The largest absolute Gasteiger partial charge is 0.336 e. The summed E-state index contributed by atoms with van der Waals surface area (Å²) in [5, 5.41) is 9.28. The van der Waals surface area contributed by atoms with Crippen LogP contribution in [0.3, 0.4) is 0 Å². The van der Waals surface area contributed by atoms with Crippen molar-refractivity contribution in [3.8, 4) is 5.69 Å². The molecule has 2 aromatic carbocycles. The Bertz CT molecular complexity index is 1370. The minimum absolute atomic E-state index is 0.00926. The number of rotatable bonds is 3. The average molecular weight is 458 g/mol. The third kappa shape index (κ3) is 3.57. The van der Waals surface area contributed by atoms with Gasteiger partial charge in [-0.3, -0.25) is 4.79 Å². The van der Waals surface area contributed by atoms with Gasteiger partial charge < -0.3 is 9.80 Å². The summed E-state index contributed by atoms with van der Waals surface area (Å²) in [6.45, 7) is 3.29. The molecular formula is C25H24FN7O. The third-order valence-electron chi connectivity index (χ3n) is 6.89. The molecule has 0 N–H and O–H groups in total. The number of aryl methyl sites for hydroxylation is 1. The van der Waals surface area contributed by atoms with Crippen LogP contribution in [-0.4, -0.2) is 60.9 Å².